The molecule has 0 spiro atoms. The third-order valence-corrected chi connectivity index (χ3v) is 4.81. The van der Waals surface area contributed by atoms with Crippen LogP contribution in [0.1, 0.15) is 43.5 Å². The molecular weight excluding hydrogens is 322 g/mol. The van der Waals surface area contributed by atoms with E-state index in [4.69, 9.17) is 9.47 Å². The van der Waals surface area contributed by atoms with E-state index in [0.717, 1.165) is 12.8 Å². The number of nitrogens with one attached hydrogen (secondary N) is 1. The van der Waals surface area contributed by atoms with Crippen LogP contribution in [-0.4, -0.2) is 37.4 Å². The van der Waals surface area contributed by atoms with Crippen LogP contribution >= 0.6 is 0 Å². The molecule has 0 aliphatic heterocycles. The smallest absolute Gasteiger partial charge is 0.344 e. The molecular formula is C19H25NO5. The lowest BCUT2D eigenvalue weighted by Crippen LogP contribution is -2.45. The maximum Gasteiger partial charge on any atom is 0.344 e. The third-order valence-electron chi connectivity index (χ3n) is 4.81. The van der Waals surface area contributed by atoms with Crippen LogP contribution in [-0.2, 0) is 14.3 Å². The number of amides is 1. The molecule has 6 nitrogen and oxygen atoms in total. The van der Waals surface area contributed by atoms with Crippen LogP contribution in [0.2, 0.25) is 0 Å². The van der Waals surface area contributed by atoms with Crippen LogP contribution in [0.3, 0.4) is 0 Å². The van der Waals surface area contributed by atoms with Crippen LogP contribution in [0.15, 0.2) is 24.3 Å². The third kappa shape index (κ3) is 5.59. The van der Waals surface area contributed by atoms with Gasteiger partial charge in [0.15, 0.2) is 19.5 Å². The highest BCUT2D eigenvalue weighted by Gasteiger charge is 2.28. The van der Waals surface area contributed by atoms with Crippen LogP contribution in [0.4, 0.5) is 0 Å². The summed E-state index contributed by atoms with van der Waals surface area (Å²) in [5.41, 5.74) is 0.355. The van der Waals surface area contributed by atoms with Crippen molar-refractivity contribution in [3.05, 3.63) is 29.8 Å². The van der Waals surface area contributed by atoms with Gasteiger partial charge in [0.25, 0.3) is 5.91 Å². The van der Waals surface area contributed by atoms with E-state index in [1.165, 1.54) is 6.42 Å². The number of benzene rings is 1. The van der Waals surface area contributed by atoms with Crippen molar-refractivity contribution in [3.8, 4) is 5.75 Å². The van der Waals surface area contributed by atoms with E-state index in [0.29, 0.717) is 29.4 Å². The van der Waals surface area contributed by atoms with Crippen LogP contribution < -0.4 is 10.1 Å². The molecule has 1 aliphatic carbocycles. The van der Waals surface area contributed by atoms with Gasteiger partial charge in [-0.15, -0.1) is 0 Å². The Morgan fingerprint density at radius 3 is 2.72 bits per heavy atom. The zero-order chi connectivity index (χ0) is 18.2. The Morgan fingerprint density at radius 2 is 1.96 bits per heavy atom. The SMILES string of the molecule is C[C@@H]1[C@H](C)CCC[C@H]1NC(=O)COC(=O)COc1ccccc1C=O. The van der Waals surface area contributed by atoms with Crippen molar-refractivity contribution in [1.82, 2.24) is 5.32 Å². The molecule has 1 N–H and O–H groups in total. The summed E-state index contributed by atoms with van der Waals surface area (Å²) in [5, 5.41) is 2.94. The second-order valence-corrected chi connectivity index (χ2v) is 6.55. The lowest BCUT2D eigenvalue weighted by molar-refractivity contribution is -0.150. The lowest BCUT2D eigenvalue weighted by Gasteiger charge is -2.34. The van der Waals surface area contributed by atoms with E-state index < -0.39 is 5.97 Å². The lowest BCUT2D eigenvalue weighted by atomic mass is 9.78. The predicted octanol–water partition coefficient (Wildman–Crippen LogP) is 2.36. The standard InChI is InChI=1S/C19H25NO5/c1-13-6-5-8-16(14(13)2)20-18(22)11-25-19(23)12-24-17-9-4-3-7-15(17)10-21/h3-4,7,9-10,13-14,16H,5-6,8,11-12H2,1-2H3,(H,20,22)/t13-,14-,16-/m1/s1. The number of rotatable bonds is 7. The summed E-state index contributed by atoms with van der Waals surface area (Å²) in [6.07, 6.45) is 3.89. The van der Waals surface area contributed by atoms with Gasteiger partial charge in [-0.2, -0.15) is 0 Å². The molecule has 25 heavy (non-hydrogen) atoms. The van der Waals surface area contributed by atoms with Crippen molar-refractivity contribution in [3.63, 3.8) is 0 Å². The second-order valence-electron chi connectivity index (χ2n) is 6.55. The summed E-state index contributed by atoms with van der Waals surface area (Å²) >= 11 is 0. The first-order valence-corrected chi connectivity index (χ1v) is 8.63. The fourth-order valence-corrected chi connectivity index (χ4v) is 3.07. The monoisotopic (exact) mass is 347 g/mol. The van der Waals surface area contributed by atoms with Crippen molar-refractivity contribution in [1.29, 1.82) is 0 Å². The van der Waals surface area contributed by atoms with Crippen molar-refractivity contribution in [2.75, 3.05) is 13.2 Å². The molecule has 3 atom stereocenters. The van der Waals surface area contributed by atoms with E-state index in [2.05, 4.69) is 19.2 Å². The molecule has 1 saturated carbocycles. The van der Waals surface area contributed by atoms with E-state index >= 15 is 0 Å². The first-order valence-electron chi connectivity index (χ1n) is 8.63. The van der Waals surface area contributed by atoms with E-state index in [9.17, 15) is 14.4 Å². The molecule has 0 heterocycles. The zero-order valence-corrected chi connectivity index (χ0v) is 14.7. The van der Waals surface area contributed by atoms with E-state index in [1.807, 2.05) is 0 Å². The summed E-state index contributed by atoms with van der Waals surface area (Å²) in [5.74, 6) is 0.349. The Morgan fingerprint density at radius 1 is 1.20 bits per heavy atom. The Bertz CT molecular complexity index is 616. The maximum atomic E-state index is 12.0. The Balaban J connectivity index is 1.72. The molecule has 0 bridgehead atoms. The minimum absolute atomic E-state index is 0.130. The van der Waals surface area contributed by atoms with Gasteiger partial charge in [-0.05, 0) is 30.4 Å². The van der Waals surface area contributed by atoms with E-state index in [1.54, 1.807) is 24.3 Å². The molecule has 136 valence electrons. The Kier molecular flexibility index (Phi) is 6.98. The molecule has 2 rings (SSSR count). The Hall–Kier alpha value is -2.37. The number of hydrogen-bond acceptors (Lipinski definition) is 5. The highest BCUT2D eigenvalue weighted by molar-refractivity contribution is 5.82. The highest BCUT2D eigenvalue weighted by Crippen LogP contribution is 2.29. The number of hydrogen-bond donors (Lipinski definition) is 1. The molecule has 1 fully saturated rings. The fraction of sp³-hybridized carbons (Fsp3) is 0.526. The van der Waals surface area contributed by atoms with Gasteiger partial charge in [0.1, 0.15) is 5.75 Å². The van der Waals surface area contributed by atoms with Gasteiger partial charge in [-0.1, -0.05) is 38.8 Å². The van der Waals surface area contributed by atoms with Gasteiger partial charge >= 0.3 is 5.97 Å². The molecule has 0 aromatic heterocycles. The normalized spacial score (nSPS) is 22.7. The molecule has 1 aromatic carbocycles. The zero-order valence-electron chi connectivity index (χ0n) is 14.7. The highest BCUT2D eigenvalue weighted by atomic mass is 16.6. The summed E-state index contributed by atoms with van der Waals surface area (Å²) in [4.78, 5) is 34.6. The van der Waals surface area contributed by atoms with Crippen LogP contribution in [0.25, 0.3) is 0 Å². The van der Waals surface area contributed by atoms with Crippen LogP contribution in [0, 0.1) is 11.8 Å². The molecule has 0 unspecified atom stereocenters. The van der Waals surface area contributed by atoms with Crippen molar-refractivity contribution < 1.29 is 23.9 Å². The van der Waals surface area contributed by atoms with E-state index in [-0.39, 0.29) is 25.2 Å². The first kappa shape index (κ1) is 19.0. The van der Waals surface area contributed by atoms with Crippen molar-refractivity contribution in [2.24, 2.45) is 11.8 Å². The molecule has 6 heteroatoms. The van der Waals surface area contributed by atoms with Gasteiger partial charge in [-0.3, -0.25) is 9.59 Å². The summed E-state index contributed by atoms with van der Waals surface area (Å²) in [6, 6.07) is 6.72. The second kappa shape index (κ2) is 9.20. The van der Waals surface area contributed by atoms with Crippen LogP contribution in [0.5, 0.6) is 5.75 Å². The number of aldehydes is 1. The first-order chi connectivity index (χ1) is 12.0. The number of carbonyl (C=O) groups excluding carboxylic acids is 3. The van der Waals surface area contributed by atoms with Gasteiger partial charge in [0, 0.05) is 6.04 Å². The quantitative estimate of drug-likeness (QED) is 0.605. The number of carbonyl (C=O) groups is 3. The minimum atomic E-state index is -0.652. The maximum absolute atomic E-state index is 12.0. The minimum Gasteiger partial charge on any atom is -0.481 e. The number of esters is 1. The van der Waals surface area contributed by atoms with Gasteiger partial charge < -0.3 is 14.8 Å². The molecule has 0 radical (unpaired) electrons. The summed E-state index contributed by atoms with van der Waals surface area (Å²) < 4.78 is 10.2. The summed E-state index contributed by atoms with van der Waals surface area (Å²) in [7, 11) is 0. The predicted molar refractivity (Wildman–Crippen MR) is 92.4 cm³/mol. The fourth-order valence-electron chi connectivity index (χ4n) is 3.07. The van der Waals surface area contributed by atoms with Gasteiger partial charge in [0.05, 0.1) is 5.56 Å². The largest absolute Gasteiger partial charge is 0.481 e. The molecule has 1 aromatic rings. The van der Waals surface area contributed by atoms with Crippen molar-refractivity contribution >= 4 is 18.2 Å². The number of para-hydroxylation sites is 1. The average Bonchev–Trinajstić information content (AvgIpc) is 2.62. The topological polar surface area (TPSA) is 81.7 Å². The molecule has 1 amide bonds. The average molecular weight is 347 g/mol. The summed E-state index contributed by atoms with van der Waals surface area (Å²) in [6.45, 7) is 3.65. The molecule has 0 saturated heterocycles. The molecule has 1 aliphatic rings. The van der Waals surface area contributed by atoms with Gasteiger partial charge in [-0.25, -0.2) is 4.79 Å². The number of ether oxygens (including phenoxy) is 2. The Labute approximate surface area is 147 Å². The van der Waals surface area contributed by atoms with Crippen molar-refractivity contribution in [2.45, 2.75) is 39.2 Å². The van der Waals surface area contributed by atoms with Gasteiger partial charge in [0.2, 0.25) is 0 Å².